The van der Waals surface area contributed by atoms with E-state index in [1.165, 1.54) is 5.56 Å². The third-order valence-electron chi connectivity index (χ3n) is 2.90. The van der Waals surface area contributed by atoms with Gasteiger partial charge in [-0.3, -0.25) is 0 Å². The smallest absolute Gasteiger partial charge is 0.405 e. The van der Waals surface area contributed by atoms with Crippen molar-refractivity contribution in [1.82, 2.24) is 10.6 Å². The predicted octanol–water partition coefficient (Wildman–Crippen LogP) is 2.60. The van der Waals surface area contributed by atoms with Crippen LogP contribution in [-0.4, -0.2) is 23.3 Å². The van der Waals surface area contributed by atoms with Crippen LogP contribution in [0.4, 0.5) is 4.79 Å². The van der Waals surface area contributed by atoms with Crippen LogP contribution in [0, 0.1) is 0 Å². The molecule has 1 amide bonds. The van der Waals surface area contributed by atoms with Crippen molar-refractivity contribution < 1.29 is 9.90 Å². The second-order valence-corrected chi connectivity index (χ2v) is 4.83. The minimum atomic E-state index is -0.965. The molecule has 0 saturated heterocycles. The summed E-state index contributed by atoms with van der Waals surface area (Å²) in [4.78, 5) is 10.8. The van der Waals surface area contributed by atoms with Crippen molar-refractivity contribution in [3.8, 4) is 0 Å². The molecule has 1 aromatic carbocycles. The predicted molar refractivity (Wildman–Crippen MR) is 72.6 cm³/mol. The molecular weight excluding hydrogens is 228 g/mol. The summed E-state index contributed by atoms with van der Waals surface area (Å²) in [5.41, 5.74) is 0.793. The van der Waals surface area contributed by atoms with Gasteiger partial charge in [-0.15, -0.1) is 0 Å². The summed E-state index contributed by atoms with van der Waals surface area (Å²) in [5.74, 6) is 0. The molecule has 1 aromatic rings. The van der Waals surface area contributed by atoms with Gasteiger partial charge in [-0.2, -0.15) is 0 Å². The van der Waals surface area contributed by atoms with Gasteiger partial charge in [0.2, 0.25) is 0 Å². The molecule has 0 aliphatic carbocycles. The first-order chi connectivity index (χ1) is 8.56. The Labute approximate surface area is 108 Å². The first-order valence-corrected chi connectivity index (χ1v) is 6.31. The molecule has 0 heterocycles. The summed E-state index contributed by atoms with van der Waals surface area (Å²) in [6.45, 7) is 5.37. The number of carbonyl (C=O) groups is 1. The van der Waals surface area contributed by atoms with Crippen molar-refractivity contribution >= 4 is 6.09 Å². The average molecular weight is 250 g/mol. The lowest BCUT2D eigenvalue weighted by Crippen LogP contribution is -2.52. The molecule has 3 N–H and O–H groups in total. The van der Waals surface area contributed by atoms with Gasteiger partial charge >= 0.3 is 6.09 Å². The van der Waals surface area contributed by atoms with Gasteiger partial charge < -0.3 is 15.7 Å². The molecule has 1 atom stereocenters. The third-order valence-corrected chi connectivity index (χ3v) is 2.90. The van der Waals surface area contributed by atoms with E-state index < -0.39 is 11.6 Å². The van der Waals surface area contributed by atoms with Crippen LogP contribution >= 0.6 is 0 Å². The van der Waals surface area contributed by atoms with E-state index in [-0.39, 0.29) is 0 Å². The number of carboxylic acid groups (broad SMARTS) is 1. The van der Waals surface area contributed by atoms with Crippen LogP contribution in [0.15, 0.2) is 30.3 Å². The Kier molecular flexibility index (Phi) is 5.65. The van der Waals surface area contributed by atoms with Gasteiger partial charge in [-0.1, -0.05) is 43.7 Å². The van der Waals surface area contributed by atoms with Crippen LogP contribution in [0.5, 0.6) is 0 Å². The Hall–Kier alpha value is -1.55. The zero-order valence-electron chi connectivity index (χ0n) is 11.1. The quantitative estimate of drug-likeness (QED) is 0.697. The molecule has 4 nitrogen and oxygen atoms in total. The fourth-order valence-corrected chi connectivity index (χ4v) is 2.08. The van der Waals surface area contributed by atoms with Crippen LogP contribution in [0.3, 0.4) is 0 Å². The molecule has 0 aliphatic heterocycles. The van der Waals surface area contributed by atoms with Gasteiger partial charge in [0.1, 0.15) is 0 Å². The van der Waals surface area contributed by atoms with Crippen LogP contribution in [0.25, 0.3) is 0 Å². The van der Waals surface area contributed by atoms with E-state index in [4.69, 9.17) is 5.11 Å². The number of hydrogen-bond acceptors (Lipinski definition) is 2. The number of rotatable bonds is 7. The summed E-state index contributed by atoms with van der Waals surface area (Å²) in [5, 5.41) is 14.8. The standard InChI is InChI=1S/C14H22N2O2/c1-3-9-14(2,16-13(17)18)11-15-10-12-7-5-4-6-8-12/h4-8,15-16H,3,9-11H2,1-2H3,(H,17,18)/t14-/m1/s1. The molecule has 0 saturated carbocycles. The summed E-state index contributed by atoms with van der Waals surface area (Å²) in [7, 11) is 0. The lowest BCUT2D eigenvalue weighted by Gasteiger charge is -2.29. The molecule has 0 aromatic heterocycles. The monoisotopic (exact) mass is 250 g/mol. The molecular formula is C14H22N2O2. The molecule has 4 heteroatoms. The van der Waals surface area contributed by atoms with Crippen LogP contribution in [0.2, 0.25) is 0 Å². The molecule has 0 radical (unpaired) electrons. The zero-order chi connectivity index (χ0) is 13.4. The molecule has 0 fully saturated rings. The number of benzene rings is 1. The summed E-state index contributed by atoms with van der Waals surface area (Å²) >= 11 is 0. The molecule has 18 heavy (non-hydrogen) atoms. The van der Waals surface area contributed by atoms with E-state index in [0.29, 0.717) is 6.54 Å². The first-order valence-electron chi connectivity index (χ1n) is 6.31. The Morgan fingerprint density at radius 1 is 1.33 bits per heavy atom. The first kappa shape index (κ1) is 14.5. The van der Waals surface area contributed by atoms with E-state index in [0.717, 1.165) is 19.4 Å². The normalized spacial score (nSPS) is 13.9. The zero-order valence-corrected chi connectivity index (χ0v) is 11.1. The maximum absolute atomic E-state index is 10.8. The van der Waals surface area contributed by atoms with Crippen molar-refractivity contribution in [2.75, 3.05) is 6.54 Å². The molecule has 0 aliphatic rings. The van der Waals surface area contributed by atoms with Gasteiger partial charge in [0.05, 0.1) is 5.54 Å². The summed E-state index contributed by atoms with van der Waals surface area (Å²) in [6.07, 6.45) is 0.803. The highest BCUT2D eigenvalue weighted by atomic mass is 16.4. The van der Waals surface area contributed by atoms with E-state index in [1.807, 2.05) is 25.1 Å². The van der Waals surface area contributed by atoms with Crippen molar-refractivity contribution in [3.63, 3.8) is 0 Å². The minimum absolute atomic E-state index is 0.407. The van der Waals surface area contributed by atoms with Crippen molar-refractivity contribution in [3.05, 3.63) is 35.9 Å². The third kappa shape index (κ3) is 5.19. The van der Waals surface area contributed by atoms with E-state index in [9.17, 15) is 4.79 Å². The average Bonchev–Trinajstić information content (AvgIpc) is 2.29. The minimum Gasteiger partial charge on any atom is -0.465 e. The molecule has 0 spiro atoms. The SMILES string of the molecule is CCC[C@](C)(CNCc1ccccc1)NC(=O)O. The Morgan fingerprint density at radius 2 is 2.00 bits per heavy atom. The highest BCUT2D eigenvalue weighted by Gasteiger charge is 2.24. The van der Waals surface area contributed by atoms with Gasteiger partial charge in [-0.05, 0) is 18.9 Å². The number of hydrogen-bond donors (Lipinski definition) is 3. The van der Waals surface area contributed by atoms with E-state index in [1.54, 1.807) is 0 Å². The lowest BCUT2D eigenvalue weighted by molar-refractivity contribution is 0.176. The Morgan fingerprint density at radius 3 is 2.56 bits per heavy atom. The maximum atomic E-state index is 10.8. The fourth-order valence-electron chi connectivity index (χ4n) is 2.08. The van der Waals surface area contributed by atoms with E-state index in [2.05, 4.69) is 29.7 Å². The van der Waals surface area contributed by atoms with Crippen molar-refractivity contribution in [2.45, 2.75) is 38.8 Å². The molecule has 1 rings (SSSR count). The Balaban J connectivity index is 2.44. The fraction of sp³-hybridized carbons (Fsp3) is 0.500. The largest absolute Gasteiger partial charge is 0.465 e. The lowest BCUT2D eigenvalue weighted by atomic mass is 9.96. The molecule has 0 bridgehead atoms. The molecule has 100 valence electrons. The van der Waals surface area contributed by atoms with Crippen LogP contribution < -0.4 is 10.6 Å². The second-order valence-electron chi connectivity index (χ2n) is 4.83. The number of amides is 1. The van der Waals surface area contributed by atoms with E-state index >= 15 is 0 Å². The summed E-state index contributed by atoms with van der Waals surface area (Å²) < 4.78 is 0. The van der Waals surface area contributed by atoms with Gasteiger partial charge in [0.15, 0.2) is 0 Å². The van der Waals surface area contributed by atoms with Crippen LogP contribution in [-0.2, 0) is 6.54 Å². The Bertz CT molecular complexity index is 367. The summed E-state index contributed by atoms with van der Waals surface area (Å²) in [6, 6.07) is 10.1. The van der Waals surface area contributed by atoms with Gasteiger partial charge in [0, 0.05) is 13.1 Å². The highest BCUT2D eigenvalue weighted by Crippen LogP contribution is 2.11. The maximum Gasteiger partial charge on any atom is 0.405 e. The highest BCUT2D eigenvalue weighted by molar-refractivity contribution is 5.65. The second kappa shape index (κ2) is 7.01. The van der Waals surface area contributed by atoms with Gasteiger partial charge in [-0.25, -0.2) is 4.79 Å². The van der Waals surface area contributed by atoms with Crippen LogP contribution in [0.1, 0.15) is 32.3 Å². The van der Waals surface area contributed by atoms with Gasteiger partial charge in [0.25, 0.3) is 0 Å². The van der Waals surface area contributed by atoms with Crippen molar-refractivity contribution in [1.29, 1.82) is 0 Å². The number of nitrogens with one attached hydrogen (secondary N) is 2. The van der Waals surface area contributed by atoms with Crippen molar-refractivity contribution in [2.24, 2.45) is 0 Å². The topological polar surface area (TPSA) is 61.4 Å². The molecule has 0 unspecified atom stereocenters.